The molecule has 0 heterocycles. The molecule has 0 atom stereocenters. The molecule has 0 radical (unpaired) electrons. The molecule has 1 aromatic rings. The lowest BCUT2D eigenvalue weighted by atomic mass is 10.1. The molecular weight excluding hydrogens is 212 g/mol. The first-order chi connectivity index (χ1) is 7.57. The molecule has 1 aromatic carbocycles. The molecule has 0 amide bonds. The van der Waals surface area contributed by atoms with Crippen molar-refractivity contribution in [1.82, 2.24) is 0 Å². The summed E-state index contributed by atoms with van der Waals surface area (Å²) in [6.07, 6.45) is 0. The third-order valence-corrected chi connectivity index (χ3v) is 1.97. The number of hydrogen-bond acceptors (Lipinski definition) is 4. The Balaban J connectivity index is 3.21. The van der Waals surface area contributed by atoms with Gasteiger partial charge in [-0.15, -0.1) is 0 Å². The van der Waals surface area contributed by atoms with Crippen LogP contribution in [0, 0.1) is 0 Å². The number of nitrogens with one attached hydrogen (secondary N) is 1. The molecule has 0 bridgehead atoms. The normalized spacial score (nSPS) is 9.81. The summed E-state index contributed by atoms with van der Waals surface area (Å²) in [5, 5.41) is 20.6. The predicted octanol–water partition coefficient (Wildman–Crippen LogP) is 0.454. The molecule has 0 saturated heterocycles. The molecule has 0 aliphatic heterocycles. The summed E-state index contributed by atoms with van der Waals surface area (Å²) in [4.78, 5) is 21.8. The topological polar surface area (TPSA) is 113 Å². The number of aromatic carboxylic acids is 2. The maximum Gasteiger partial charge on any atom is 0.338 e. The number of anilines is 1. The van der Waals surface area contributed by atoms with E-state index in [1.165, 1.54) is 18.2 Å². The number of nitrogens with two attached hydrogens (primary N) is 1. The van der Waals surface area contributed by atoms with Gasteiger partial charge in [0.2, 0.25) is 0 Å². The van der Waals surface area contributed by atoms with Crippen LogP contribution in [0.25, 0.3) is 0 Å². The van der Waals surface area contributed by atoms with E-state index in [2.05, 4.69) is 5.32 Å². The van der Waals surface area contributed by atoms with Crippen LogP contribution < -0.4 is 11.1 Å². The third kappa shape index (κ3) is 2.48. The van der Waals surface area contributed by atoms with Crippen LogP contribution in [0.1, 0.15) is 20.7 Å². The number of carbonyl (C=O) groups is 2. The van der Waals surface area contributed by atoms with E-state index in [1.807, 2.05) is 0 Å². The van der Waals surface area contributed by atoms with Crippen molar-refractivity contribution < 1.29 is 19.8 Å². The van der Waals surface area contributed by atoms with Gasteiger partial charge in [0.25, 0.3) is 0 Å². The Morgan fingerprint density at radius 3 is 2.44 bits per heavy atom. The summed E-state index contributed by atoms with van der Waals surface area (Å²) < 4.78 is 0. The highest BCUT2D eigenvalue weighted by Crippen LogP contribution is 2.20. The monoisotopic (exact) mass is 224 g/mol. The predicted molar refractivity (Wildman–Crippen MR) is 57.9 cm³/mol. The lowest BCUT2D eigenvalue weighted by Gasteiger charge is -2.10. The fourth-order valence-corrected chi connectivity index (χ4v) is 1.32. The maximum absolute atomic E-state index is 11.0. The molecule has 16 heavy (non-hydrogen) atoms. The summed E-state index contributed by atoms with van der Waals surface area (Å²) in [6.45, 7) is 0.708. The Morgan fingerprint density at radius 2 is 1.94 bits per heavy atom. The molecule has 0 aromatic heterocycles. The average molecular weight is 224 g/mol. The quantitative estimate of drug-likeness (QED) is 0.577. The van der Waals surface area contributed by atoms with Crippen molar-refractivity contribution in [1.29, 1.82) is 0 Å². The van der Waals surface area contributed by atoms with Gasteiger partial charge in [0.05, 0.1) is 11.1 Å². The SMILES string of the molecule is NCCNc1cccc(C(=O)O)c1C(=O)O. The van der Waals surface area contributed by atoms with Gasteiger partial charge in [-0.1, -0.05) is 6.07 Å². The molecule has 6 nitrogen and oxygen atoms in total. The van der Waals surface area contributed by atoms with Crippen LogP contribution in [0.5, 0.6) is 0 Å². The molecule has 86 valence electrons. The molecule has 0 saturated carbocycles. The van der Waals surface area contributed by atoms with Crippen molar-refractivity contribution in [2.75, 3.05) is 18.4 Å². The molecule has 0 aliphatic carbocycles. The van der Waals surface area contributed by atoms with Crippen molar-refractivity contribution in [3.8, 4) is 0 Å². The first-order valence-corrected chi connectivity index (χ1v) is 4.61. The highest BCUT2D eigenvalue weighted by atomic mass is 16.4. The average Bonchev–Trinajstić information content (AvgIpc) is 2.25. The minimum absolute atomic E-state index is 0.241. The lowest BCUT2D eigenvalue weighted by molar-refractivity contribution is 0.0652. The molecule has 0 aliphatic rings. The van der Waals surface area contributed by atoms with E-state index in [1.54, 1.807) is 0 Å². The minimum Gasteiger partial charge on any atom is -0.478 e. The van der Waals surface area contributed by atoms with Crippen LogP contribution in [0.4, 0.5) is 5.69 Å². The van der Waals surface area contributed by atoms with Crippen LogP contribution in [0.2, 0.25) is 0 Å². The van der Waals surface area contributed by atoms with Crippen LogP contribution in [-0.4, -0.2) is 35.2 Å². The molecule has 0 spiro atoms. The first-order valence-electron chi connectivity index (χ1n) is 4.61. The fourth-order valence-electron chi connectivity index (χ4n) is 1.32. The van der Waals surface area contributed by atoms with Crippen LogP contribution in [0.3, 0.4) is 0 Å². The third-order valence-electron chi connectivity index (χ3n) is 1.97. The van der Waals surface area contributed by atoms with Crippen molar-refractivity contribution in [3.05, 3.63) is 29.3 Å². The van der Waals surface area contributed by atoms with Gasteiger partial charge in [-0.3, -0.25) is 0 Å². The molecule has 1 rings (SSSR count). The van der Waals surface area contributed by atoms with Gasteiger partial charge in [0.1, 0.15) is 0 Å². The smallest absolute Gasteiger partial charge is 0.338 e. The Morgan fingerprint density at radius 1 is 1.25 bits per heavy atom. The van der Waals surface area contributed by atoms with Crippen LogP contribution >= 0.6 is 0 Å². The minimum atomic E-state index is -1.28. The van der Waals surface area contributed by atoms with Gasteiger partial charge < -0.3 is 21.3 Å². The second kappa shape index (κ2) is 5.13. The zero-order chi connectivity index (χ0) is 12.1. The lowest BCUT2D eigenvalue weighted by Crippen LogP contribution is -2.17. The Labute approximate surface area is 91.7 Å². The van der Waals surface area contributed by atoms with E-state index in [-0.39, 0.29) is 16.8 Å². The zero-order valence-electron chi connectivity index (χ0n) is 8.43. The molecule has 0 fully saturated rings. The van der Waals surface area contributed by atoms with Gasteiger partial charge in [-0.2, -0.15) is 0 Å². The highest BCUT2D eigenvalue weighted by molar-refractivity contribution is 6.05. The second-order valence-electron chi connectivity index (χ2n) is 3.05. The van der Waals surface area contributed by atoms with E-state index < -0.39 is 11.9 Å². The molecule has 5 N–H and O–H groups in total. The van der Waals surface area contributed by atoms with Gasteiger partial charge in [-0.25, -0.2) is 9.59 Å². The van der Waals surface area contributed by atoms with E-state index in [0.29, 0.717) is 13.1 Å². The summed E-state index contributed by atoms with van der Waals surface area (Å²) in [7, 11) is 0. The maximum atomic E-state index is 11.0. The number of carboxylic acids is 2. The Bertz CT molecular complexity index is 417. The van der Waals surface area contributed by atoms with Crippen molar-refractivity contribution in [2.24, 2.45) is 5.73 Å². The van der Waals surface area contributed by atoms with E-state index in [9.17, 15) is 9.59 Å². The van der Waals surface area contributed by atoms with Crippen molar-refractivity contribution in [3.63, 3.8) is 0 Å². The number of rotatable bonds is 5. The number of benzene rings is 1. The molecular formula is C10H12N2O4. The molecule has 6 heteroatoms. The van der Waals surface area contributed by atoms with Crippen LogP contribution in [-0.2, 0) is 0 Å². The molecule has 0 unspecified atom stereocenters. The van der Waals surface area contributed by atoms with E-state index >= 15 is 0 Å². The van der Waals surface area contributed by atoms with Crippen LogP contribution in [0.15, 0.2) is 18.2 Å². The fraction of sp³-hybridized carbons (Fsp3) is 0.200. The first kappa shape index (κ1) is 12.0. The Hall–Kier alpha value is -2.08. The standard InChI is InChI=1S/C10H12N2O4/c11-4-5-12-7-3-1-2-6(9(13)14)8(7)10(15)16/h1-3,12H,4-5,11H2,(H,13,14)(H,15,16). The number of hydrogen-bond donors (Lipinski definition) is 4. The van der Waals surface area contributed by atoms with Gasteiger partial charge in [0.15, 0.2) is 0 Å². The van der Waals surface area contributed by atoms with Gasteiger partial charge in [-0.05, 0) is 12.1 Å². The Kier molecular flexibility index (Phi) is 3.84. The van der Waals surface area contributed by atoms with Crippen molar-refractivity contribution in [2.45, 2.75) is 0 Å². The summed E-state index contributed by atoms with van der Waals surface area (Å²) >= 11 is 0. The van der Waals surface area contributed by atoms with Crippen molar-refractivity contribution >= 4 is 17.6 Å². The highest BCUT2D eigenvalue weighted by Gasteiger charge is 2.19. The number of carboxylic acid groups (broad SMARTS) is 2. The summed E-state index contributed by atoms with van der Waals surface area (Å²) in [6, 6.07) is 4.24. The second-order valence-corrected chi connectivity index (χ2v) is 3.05. The van der Waals surface area contributed by atoms with Gasteiger partial charge in [0, 0.05) is 18.8 Å². The summed E-state index contributed by atoms with van der Waals surface area (Å²) in [5.74, 6) is -2.55. The van der Waals surface area contributed by atoms with E-state index in [0.717, 1.165) is 0 Å². The van der Waals surface area contributed by atoms with Gasteiger partial charge >= 0.3 is 11.9 Å². The van der Waals surface area contributed by atoms with E-state index in [4.69, 9.17) is 15.9 Å². The zero-order valence-corrected chi connectivity index (χ0v) is 8.43. The largest absolute Gasteiger partial charge is 0.478 e. The summed E-state index contributed by atoms with van der Waals surface area (Å²) in [5.41, 5.74) is 5.05.